The van der Waals surface area contributed by atoms with E-state index in [9.17, 15) is 24.6 Å². The van der Waals surface area contributed by atoms with Crippen molar-refractivity contribution in [1.29, 1.82) is 0 Å². The molecule has 0 aromatic rings. The maximum atomic E-state index is 13.0. The molecule has 5 heteroatoms. The van der Waals surface area contributed by atoms with Crippen molar-refractivity contribution in [3.63, 3.8) is 0 Å². The highest BCUT2D eigenvalue weighted by Crippen LogP contribution is 2.42. The van der Waals surface area contributed by atoms with Crippen LogP contribution in [0.3, 0.4) is 0 Å². The van der Waals surface area contributed by atoms with E-state index < -0.39 is 46.8 Å². The fourth-order valence-corrected chi connectivity index (χ4v) is 3.49. The molecule has 5 nitrogen and oxygen atoms in total. The smallest absolute Gasteiger partial charge is 0.185 e. The molecule has 148 valence electrons. The molecule has 0 aromatic carbocycles. The van der Waals surface area contributed by atoms with Gasteiger partial charge in [0.2, 0.25) is 0 Å². The number of ketones is 3. The molecule has 0 heterocycles. The Balaban J connectivity index is 3.28. The number of hydrogen-bond acceptors (Lipinski definition) is 5. The Morgan fingerprint density at radius 1 is 1.23 bits per heavy atom. The molecule has 0 amide bonds. The van der Waals surface area contributed by atoms with Gasteiger partial charge in [-0.2, -0.15) is 0 Å². The summed E-state index contributed by atoms with van der Waals surface area (Å²) in [5.41, 5.74) is -1.25. The zero-order valence-electron chi connectivity index (χ0n) is 16.9. The van der Waals surface area contributed by atoms with E-state index in [0.717, 1.165) is 5.57 Å². The van der Waals surface area contributed by atoms with Gasteiger partial charge in [0, 0.05) is 5.92 Å². The zero-order valence-corrected chi connectivity index (χ0v) is 16.9. The zero-order chi connectivity index (χ0) is 20.2. The Kier molecular flexibility index (Phi) is 7.90. The second-order valence-corrected chi connectivity index (χ2v) is 8.29. The predicted molar refractivity (Wildman–Crippen MR) is 101 cm³/mol. The van der Waals surface area contributed by atoms with Crippen LogP contribution in [-0.2, 0) is 14.4 Å². The number of carbonyl (C=O) groups excluding carboxylic acids is 3. The highest BCUT2D eigenvalue weighted by atomic mass is 16.4. The number of hydrogen-bond donors (Lipinski definition) is 2. The lowest BCUT2D eigenvalue weighted by Gasteiger charge is -2.32. The summed E-state index contributed by atoms with van der Waals surface area (Å²) in [5.74, 6) is -4.43. The highest BCUT2D eigenvalue weighted by Gasteiger charge is 2.64. The maximum Gasteiger partial charge on any atom is 0.185 e. The summed E-state index contributed by atoms with van der Waals surface area (Å²) in [6.07, 6.45) is 1.83. The van der Waals surface area contributed by atoms with Crippen LogP contribution in [0.2, 0.25) is 0 Å². The van der Waals surface area contributed by atoms with Gasteiger partial charge < -0.3 is 10.2 Å². The van der Waals surface area contributed by atoms with E-state index in [4.69, 9.17) is 0 Å². The van der Waals surface area contributed by atoms with Crippen molar-refractivity contribution in [3.05, 3.63) is 11.6 Å². The summed E-state index contributed by atoms with van der Waals surface area (Å²) >= 11 is 0. The molecule has 5 atom stereocenters. The lowest BCUT2D eigenvalue weighted by molar-refractivity contribution is -0.156. The first kappa shape index (κ1) is 22.7. The molecule has 2 N–H and O–H groups in total. The minimum atomic E-state index is -2.19. The van der Waals surface area contributed by atoms with Gasteiger partial charge in [-0.05, 0) is 39.0 Å². The van der Waals surface area contributed by atoms with Crippen molar-refractivity contribution in [2.75, 3.05) is 0 Å². The van der Waals surface area contributed by atoms with Gasteiger partial charge in [-0.1, -0.05) is 45.8 Å². The van der Waals surface area contributed by atoms with Crippen LogP contribution in [0.25, 0.3) is 0 Å². The number of Topliss-reactive ketones (excluding diaryl/α,β-unsaturated/α-hetero) is 3. The van der Waals surface area contributed by atoms with Crippen LogP contribution in [0.4, 0.5) is 0 Å². The monoisotopic (exact) mass is 366 g/mol. The van der Waals surface area contributed by atoms with Crippen LogP contribution in [0.15, 0.2) is 11.6 Å². The van der Waals surface area contributed by atoms with Gasteiger partial charge in [0.15, 0.2) is 23.0 Å². The molecule has 0 radical (unpaired) electrons. The molecule has 1 saturated carbocycles. The number of carbonyl (C=O) groups is 3. The topological polar surface area (TPSA) is 91.7 Å². The lowest BCUT2D eigenvalue weighted by atomic mass is 9.79. The molecule has 1 aliphatic rings. The minimum absolute atomic E-state index is 0.0697. The van der Waals surface area contributed by atoms with Gasteiger partial charge in [0.1, 0.15) is 5.92 Å². The Morgan fingerprint density at radius 2 is 1.81 bits per heavy atom. The fourth-order valence-electron chi connectivity index (χ4n) is 3.49. The van der Waals surface area contributed by atoms with Crippen LogP contribution in [0.5, 0.6) is 0 Å². The second kappa shape index (κ2) is 9.05. The Morgan fingerprint density at radius 3 is 2.27 bits per heavy atom. The maximum absolute atomic E-state index is 13.0. The number of aliphatic hydroxyl groups excluding tert-OH is 1. The summed E-state index contributed by atoms with van der Waals surface area (Å²) in [6.45, 7) is 11.2. The highest BCUT2D eigenvalue weighted by molar-refractivity contribution is 6.27. The van der Waals surface area contributed by atoms with E-state index in [2.05, 4.69) is 0 Å². The molecule has 1 rings (SSSR count). The quantitative estimate of drug-likeness (QED) is 0.483. The molecule has 26 heavy (non-hydrogen) atoms. The first-order valence-corrected chi connectivity index (χ1v) is 9.63. The van der Waals surface area contributed by atoms with Crippen molar-refractivity contribution < 1.29 is 24.6 Å². The predicted octanol–water partition coefficient (Wildman–Crippen LogP) is 2.87. The van der Waals surface area contributed by atoms with Crippen LogP contribution < -0.4 is 0 Å². The molecule has 0 bridgehead atoms. The second-order valence-electron chi connectivity index (χ2n) is 8.29. The van der Waals surface area contributed by atoms with Gasteiger partial charge in [0.05, 0.1) is 12.0 Å². The first-order chi connectivity index (χ1) is 12.0. The Labute approximate surface area is 156 Å². The normalized spacial score (nSPS) is 28.3. The van der Waals surface area contributed by atoms with E-state index in [1.807, 2.05) is 34.6 Å². The Bertz CT molecular complexity index is 573. The minimum Gasteiger partial charge on any atom is -0.389 e. The third-order valence-corrected chi connectivity index (χ3v) is 5.49. The summed E-state index contributed by atoms with van der Waals surface area (Å²) in [4.78, 5) is 38.5. The largest absolute Gasteiger partial charge is 0.389 e. The molecule has 0 saturated heterocycles. The van der Waals surface area contributed by atoms with Gasteiger partial charge in [-0.15, -0.1) is 0 Å². The molecule has 1 aliphatic carbocycles. The Hall–Kier alpha value is -1.33. The molecular weight excluding hydrogens is 332 g/mol. The summed E-state index contributed by atoms with van der Waals surface area (Å²) < 4.78 is 0. The molecule has 1 fully saturated rings. The third-order valence-electron chi connectivity index (χ3n) is 5.49. The molecular formula is C21H34O5. The van der Waals surface area contributed by atoms with Crippen LogP contribution in [0.1, 0.15) is 67.2 Å². The average molecular weight is 366 g/mol. The van der Waals surface area contributed by atoms with E-state index >= 15 is 0 Å². The fraction of sp³-hybridized carbons (Fsp3) is 0.762. The summed E-state index contributed by atoms with van der Waals surface area (Å²) in [7, 11) is 0. The van der Waals surface area contributed by atoms with E-state index in [1.165, 1.54) is 0 Å². The van der Waals surface area contributed by atoms with Gasteiger partial charge >= 0.3 is 0 Å². The number of rotatable bonds is 9. The molecule has 0 aromatic heterocycles. The van der Waals surface area contributed by atoms with Crippen molar-refractivity contribution in [3.8, 4) is 0 Å². The van der Waals surface area contributed by atoms with E-state index in [0.29, 0.717) is 12.8 Å². The van der Waals surface area contributed by atoms with Crippen molar-refractivity contribution >= 4 is 17.3 Å². The number of allylic oxidation sites excluding steroid dienone is 1. The van der Waals surface area contributed by atoms with Crippen LogP contribution in [0, 0.1) is 23.7 Å². The van der Waals surface area contributed by atoms with Crippen LogP contribution >= 0.6 is 0 Å². The third kappa shape index (κ3) is 4.49. The van der Waals surface area contributed by atoms with Gasteiger partial charge in [0.25, 0.3) is 0 Å². The standard InChI is InChI=1S/C21H34O5/c1-7-14(6)18(23)17-19(24)15(10-8-12(2)3)21(26,20(17)25)16(22)11-9-13(4)5/h9,12,14-17,22,26H,7-8,10-11H2,1-6H3/t14?,15-,16?,17?,21?/m1/s1. The van der Waals surface area contributed by atoms with Crippen molar-refractivity contribution in [1.82, 2.24) is 0 Å². The molecule has 4 unspecified atom stereocenters. The average Bonchev–Trinajstić information content (AvgIpc) is 2.76. The molecule has 0 aliphatic heterocycles. The summed E-state index contributed by atoms with van der Waals surface area (Å²) in [6, 6.07) is 0. The lowest BCUT2D eigenvalue weighted by Crippen LogP contribution is -2.52. The van der Waals surface area contributed by atoms with Crippen molar-refractivity contribution in [2.45, 2.75) is 78.9 Å². The molecule has 0 spiro atoms. The van der Waals surface area contributed by atoms with Gasteiger partial charge in [-0.25, -0.2) is 0 Å². The number of aliphatic hydroxyl groups is 2. The van der Waals surface area contributed by atoms with Crippen LogP contribution in [-0.4, -0.2) is 39.3 Å². The van der Waals surface area contributed by atoms with E-state index in [-0.39, 0.29) is 18.8 Å². The van der Waals surface area contributed by atoms with Gasteiger partial charge in [-0.3, -0.25) is 14.4 Å². The summed E-state index contributed by atoms with van der Waals surface area (Å²) in [5, 5.41) is 21.8. The SMILES string of the molecule is CCC(C)C(=O)C1C(=O)[C@@H](CCC(C)C)C(O)(C(O)CC=C(C)C)C1=O. The van der Waals surface area contributed by atoms with Crippen molar-refractivity contribution in [2.24, 2.45) is 23.7 Å². The first-order valence-electron chi connectivity index (χ1n) is 9.63. The van der Waals surface area contributed by atoms with E-state index in [1.54, 1.807) is 13.0 Å².